The fourth-order valence-electron chi connectivity index (χ4n) is 6.29. The van der Waals surface area contributed by atoms with Crippen LogP contribution < -0.4 is 0 Å². The summed E-state index contributed by atoms with van der Waals surface area (Å²) in [5.41, 5.74) is 4.23. The third-order valence-corrected chi connectivity index (χ3v) is 8.91. The van der Waals surface area contributed by atoms with Crippen molar-refractivity contribution in [2.24, 2.45) is 11.8 Å². The van der Waals surface area contributed by atoms with Crippen LogP contribution in [0.4, 0.5) is 4.39 Å². The van der Waals surface area contributed by atoms with Gasteiger partial charge in [0.25, 0.3) is 0 Å². The molecule has 208 valence electrons. The van der Waals surface area contributed by atoms with Crippen LogP contribution in [0.3, 0.4) is 0 Å². The Hall–Kier alpha value is -2.59. The first-order valence-electron chi connectivity index (χ1n) is 16.0. The molecule has 0 nitrogen and oxygen atoms in total. The van der Waals surface area contributed by atoms with Gasteiger partial charge < -0.3 is 0 Å². The lowest BCUT2D eigenvalue weighted by atomic mass is 9.77. The van der Waals surface area contributed by atoms with E-state index in [0.717, 1.165) is 58.6 Å². The first kappa shape index (κ1) is 29.4. The highest BCUT2D eigenvalue weighted by molar-refractivity contribution is 5.85. The van der Waals surface area contributed by atoms with Gasteiger partial charge in [0.1, 0.15) is 5.82 Å². The van der Waals surface area contributed by atoms with E-state index in [1.807, 2.05) is 24.3 Å². The molecule has 0 N–H and O–H groups in total. The van der Waals surface area contributed by atoms with Gasteiger partial charge in [0.2, 0.25) is 0 Å². The number of hydrogen-bond acceptors (Lipinski definition) is 0. The number of fused-ring (bicyclic) bond motifs is 1. The second-order valence-corrected chi connectivity index (χ2v) is 12.0. The van der Waals surface area contributed by atoms with Crippen LogP contribution >= 0.6 is 0 Å². The number of unbranched alkanes of at least 4 members (excludes halogenated alkanes) is 6. The van der Waals surface area contributed by atoms with Gasteiger partial charge >= 0.3 is 0 Å². The molecule has 0 unspecified atom stereocenters. The van der Waals surface area contributed by atoms with Gasteiger partial charge in [0, 0.05) is 16.5 Å². The summed E-state index contributed by atoms with van der Waals surface area (Å²) in [7, 11) is 0. The molecule has 1 saturated carbocycles. The fraction of sp³-hybridized carbons (Fsp3) is 0.526. The van der Waals surface area contributed by atoms with Crippen molar-refractivity contribution >= 4 is 10.8 Å². The third kappa shape index (κ3) is 9.24. The van der Waals surface area contributed by atoms with E-state index < -0.39 is 0 Å². The van der Waals surface area contributed by atoms with Crippen LogP contribution in [0.2, 0.25) is 0 Å². The smallest absolute Gasteiger partial charge is 0.134 e. The van der Waals surface area contributed by atoms with E-state index in [4.69, 9.17) is 0 Å². The lowest BCUT2D eigenvalue weighted by Gasteiger charge is -2.28. The Labute approximate surface area is 237 Å². The van der Waals surface area contributed by atoms with Crippen molar-refractivity contribution in [2.45, 2.75) is 117 Å². The molecule has 0 saturated heterocycles. The second kappa shape index (κ2) is 15.9. The summed E-state index contributed by atoms with van der Waals surface area (Å²) in [6.07, 6.45) is 20.6. The molecule has 0 atom stereocenters. The first-order chi connectivity index (χ1) is 19.2. The highest BCUT2D eigenvalue weighted by atomic mass is 19.1. The first-order valence-corrected chi connectivity index (χ1v) is 16.0. The minimum atomic E-state index is -0.0365. The third-order valence-electron chi connectivity index (χ3n) is 8.91. The molecule has 3 aromatic carbocycles. The summed E-state index contributed by atoms with van der Waals surface area (Å²) in [6, 6.07) is 18.7. The largest absolute Gasteiger partial charge is 0.206 e. The lowest BCUT2D eigenvalue weighted by molar-refractivity contribution is 0.249. The molecule has 0 radical (unpaired) electrons. The molecular formula is C38H49F. The Bertz CT molecular complexity index is 1200. The molecule has 4 rings (SSSR count). The van der Waals surface area contributed by atoms with E-state index in [1.165, 1.54) is 89.0 Å². The predicted octanol–water partition coefficient (Wildman–Crippen LogP) is 11.2. The Balaban J connectivity index is 1.29. The molecule has 39 heavy (non-hydrogen) atoms. The zero-order chi connectivity index (χ0) is 27.3. The van der Waals surface area contributed by atoms with Crippen LogP contribution in [-0.4, -0.2) is 0 Å². The topological polar surface area (TPSA) is 0 Å². The van der Waals surface area contributed by atoms with E-state index >= 15 is 4.39 Å². The Morgan fingerprint density at radius 3 is 2.03 bits per heavy atom. The van der Waals surface area contributed by atoms with Gasteiger partial charge in [0.05, 0.1) is 0 Å². The molecule has 0 spiro atoms. The van der Waals surface area contributed by atoms with E-state index in [0.29, 0.717) is 0 Å². The Kier molecular flexibility index (Phi) is 12.0. The van der Waals surface area contributed by atoms with Crippen molar-refractivity contribution in [2.75, 3.05) is 0 Å². The molecule has 0 aliphatic heterocycles. The van der Waals surface area contributed by atoms with Crippen molar-refractivity contribution in [3.05, 3.63) is 82.7 Å². The molecule has 3 aromatic rings. The van der Waals surface area contributed by atoms with Crippen LogP contribution in [0.25, 0.3) is 10.8 Å². The van der Waals surface area contributed by atoms with Crippen molar-refractivity contribution in [3.8, 4) is 11.8 Å². The monoisotopic (exact) mass is 524 g/mol. The summed E-state index contributed by atoms with van der Waals surface area (Å²) < 4.78 is 15.4. The molecule has 1 aliphatic rings. The van der Waals surface area contributed by atoms with Gasteiger partial charge in [-0.1, -0.05) is 133 Å². The minimum absolute atomic E-state index is 0.0365. The standard InChI is InChI=1S/C38H49F/c1-3-5-7-8-10-12-31-13-17-32(18-14-31)21-22-34-24-28-37-36(29-34)27-26-35(38(37)39)25-23-33-19-15-30(16-20-33)11-9-6-4-2/h13-14,17-18,24,26-30,33H,3-12,15-16,19-20,23,25H2,1-2H3. The van der Waals surface area contributed by atoms with Gasteiger partial charge in [-0.25, -0.2) is 4.39 Å². The van der Waals surface area contributed by atoms with Crippen LogP contribution in [0, 0.1) is 29.5 Å². The normalized spacial score (nSPS) is 17.2. The quantitative estimate of drug-likeness (QED) is 0.154. The average Bonchev–Trinajstić information content (AvgIpc) is 2.97. The van der Waals surface area contributed by atoms with Crippen molar-refractivity contribution in [1.29, 1.82) is 0 Å². The summed E-state index contributed by atoms with van der Waals surface area (Å²) in [6.45, 7) is 4.54. The number of rotatable bonds is 13. The van der Waals surface area contributed by atoms with Gasteiger partial charge in [-0.15, -0.1) is 0 Å². The Morgan fingerprint density at radius 2 is 1.28 bits per heavy atom. The number of benzene rings is 3. The molecule has 0 aromatic heterocycles. The maximum absolute atomic E-state index is 15.4. The van der Waals surface area contributed by atoms with Crippen LogP contribution in [0.1, 0.15) is 126 Å². The number of aryl methyl sites for hydroxylation is 2. The maximum Gasteiger partial charge on any atom is 0.134 e. The van der Waals surface area contributed by atoms with E-state index in [1.54, 1.807) is 0 Å². The van der Waals surface area contributed by atoms with Gasteiger partial charge in [-0.2, -0.15) is 0 Å². The molecule has 1 heteroatoms. The van der Waals surface area contributed by atoms with Crippen LogP contribution in [0.5, 0.6) is 0 Å². The molecule has 1 aliphatic carbocycles. The summed E-state index contributed by atoms with van der Waals surface area (Å²) in [4.78, 5) is 0. The highest BCUT2D eigenvalue weighted by Crippen LogP contribution is 2.35. The lowest BCUT2D eigenvalue weighted by Crippen LogP contribution is -2.15. The summed E-state index contributed by atoms with van der Waals surface area (Å²) in [5.74, 6) is 8.25. The number of halogens is 1. The summed E-state index contributed by atoms with van der Waals surface area (Å²) >= 11 is 0. The maximum atomic E-state index is 15.4. The fourth-order valence-corrected chi connectivity index (χ4v) is 6.29. The zero-order valence-corrected chi connectivity index (χ0v) is 24.5. The Morgan fingerprint density at radius 1 is 0.641 bits per heavy atom. The number of hydrogen-bond donors (Lipinski definition) is 0. The molecule has 1 fully saturated rings. The van der Waals surface area contributed by atoms with E-state index in [9.17, 15) is 0 Å². The zero-order valence-electron chi connectivity index (χ0n) is 24.5. The van der Waals surface area contributed by atoms with Crippen molar-refractivity contribution in [1.82, 2.24) is 0 Å². The van der Waals surface area contributed by atoms with Crippen molar-refractivity contribution < 1.29 is 4.39 Å². The van der Waals surface area contributed by atoms with E-state index in [2.05, 4.69) is 56.0 Å². The van der Waals surface area contributed by atoms with Gasteiger partial charge in [-0.3, -0.25) is 0 Å². The molecule has 0 amide bonds. The average molecular weight is 525 g/mol. The second-order valence-electron chi connectivity index (χ2n) is 12.0. The van der Waals surface area contributed by atoms with Crippen LogP contribution in [0.15, 0.2) is 54.6 Å². The van der Waals surface area contributed by atoms with Gasteiger partial charge in [0.15, 0.2) is 0 Å². The molecule has 0 bridgehead atoms. The highest BCUT2D eigenvalue weighted by Gasteiger charge is 2.21. The molecular weight excluding hydrogens is 475 g/mol. The minimum Gasteiger partial charge on any atom is -0.206 e. The van der Waals surface area contributed by atoms with Gasteiger partial charge in [-0.05, 0) is 78.3 Å². The molecule has 0 heterocycles. The predicted molar refractivity (Wildman–Crippen MR) is 167 cm³/mol. The van der Waals surface area contributed by atoms with E-state index in [-0.39, 0.29) is 5.82 Å². The van der Waals surface area contributed by atoms with Crippen LogP contribution in [-0.2, 0) is 12.8 Å². The SMILES string of the molecule is CCCCCCCc1ccc(C#Cc2ccc3c(F)c(CCC4CCC(CCCCC)CC4)ccc3c2)cc1. The van der Waals surface area contributed by atoms with Crippen molar-refractivity contribution in [3.63, 3.8) is 0 Å². The summed E-state index contributed by atoms with van der Waals surface area (Å²) in [5, 5.41) is 1.66.